The molecule has 4 nitrogen and oxygen atoms in total. The average molecular weight is 183 g/mol. The monoisotopic (exact) mass is 183 g/mol. The summed E-state index contributed by atoms with van der Waals surface area (Å²) in [4.78, 5) is 10.4. The zero-order chi connectivity index (χ0) is 9.84. The van der Waals surface area contributed by atoms with Crippen LogP contribution in [0.25, 0.3) is 0 Å². The first-order valence-corrected chi connectivity index (χ1v) is 3.67. The van der Waals surface area contributed by atoms with Crippen LogP contribution in [0.1, 0.15) is 0 Å². The third-order valence-corrected chi connectivity index (χ3v) is 1.45. The van der Waals surface area contributed by atoms with Crippen molar-refractivity contribution in [3.05, 3.63) is 24.0 Å². The molecule has 5 N–H and O–H groups in total. The number of carbonyl (C=O) groups is 1. The van der Waals surface area contributed by atoms with E-state index in [0.29, 0.717) is 5.69 Å². The Morgan fingerprint density at radius 3 is 2.77 bits per heavy atom. The third-order valence-electron chi connectivity index (χ3n) is 1.45. The largest absolute Gasteiger partial charge is 0.399 e. The predicted octanol–water partition coefficient (Wildman–Crippen LogP) is 0.305. The second-order valence-electron chi connectivity index (χ2n) is 2.56. The molecule has 1 aromatic rings. The Kier molecular flexibility index (Phi) is 2.69. The van der Waals surface area contributed by atoms with E-state index in [1.807, 2.05) is 0 Å². The highest BCUT2D eigenvalue weighted by Crippen LogP contribution is 2.16. The molecule has 0 fully saturated rings. The second-order valence-corrected chi connectivity index (χ2v) is 2.56. The summed E-state index contributed by atoms with van der Waals surface area (Å²) in [6, 6.07) is 4.16. The van der Waals surface area contributed by atoms with Crippen molar-refractivity contribution in [3.63, 3.8) is 0 Å². The average Bonchev–Trinajstić information content (AvgIpc) is 2.02. The lowest BCUT2D eigenvalue weighted by Crippen LogP contribution is -2.22. The van der Waals surface area contributed by atoms with Crippen LogP contribution in [0.15, 0.2) is 18.2 Å². The minimum atomic E-state index is -0.545. The summed E-state index contributed by atoms with van der Waals surface area (Å²) in [5.41, 5.74) is 10.7. The number of rotatable bonds is 3. The van der Waals surface area contributed by atoms with Crippen LogP contribution in [-0.2, 0) is 4.79 Å². The maximum atomic E-state index is 13.0. The molecule has 0 saturated heterocycles. The molecule has 0 saturated carbocycles. The van der Waals surface area contributed by atoms with Crippen LogP contribution in [0.5, 0.6) is 0 Å². The van der Waals surface area contributed by atoms with Gasteiger partial charge in [-0.2, -0.15) is 0 Å². The van der Waals surface area contributed by atoms with Gasteiger partial charge >= 0.3 is 0 Å². The Balaban J connectivity index is 2.72. The Bertz CT molecular complexity index is 327. The van der Waals surface area contributed by atoms with Gasteiger partial charge in [0.2, 0.25) is 5.91 Å². The number of amides is 1. The van der Waals surface area contributed by atoms with E-state index in [9.17, 15) is 9.18 Å². The molecule has 0 bridgehead atoms. The summed E-state index contributed by atoms with van der Waals surface area (Å²) in [6.45, 7) is -0.0964. The van der Waals surface area contributed by atoms with Gasteiger partial charge in [0.25, 0.3) is 0 Å². The van der Waals surface area contributed by atoms with E-state index >= 15 is 0 Å². The van der Waals surface area contributed by atoms with Crippen LogP contribution in [0.4, 0.5) is 15.8 Å². The van der Waals surface area contributed by atoms with Crippen LogP contribution < -0.4 is 16.8 Å². The van der Waals surface area contributed by atoms with Crippen molar-refractivity contribution >= 4 is 17.3 Å². The van der Waals surface area contributed by atoms with Gasteiger partial charge in [0.1, 0.15) is 5.82 Å². The molecule has 0 aliphatic rings. The van der Waals surface area contributed by atoms with Crippen LogP contribution in [0.3, 0.4) is 0 Å². The summed E-state index contributed by atoms with van der Waals surface area (Å²) < 4.78 is 13.0. The highest BCUT2D eigenvalue weighted by Gasteiger charge is 2.02. The van der Waals surface area contributed by atoms with Crippen molar-refractivity contribution < 1.29 is 9.18 Å². The van der Waals surface area contributed by atoms with E-state index in [4.69, 9.17) is 11.5 Å². The number of nitrogen functional groups attached to an aromatic ring is 1. The Morgan fingerprint density at radius 1 is 1.54 bits per heavy atom. The van der Waals surface area contributed by atoms with E-state index in [2.05, 4.69) is 5.32 Å². The molecule has 0 atom stereocenters. The number of carbonyl (C=O) groups excluding carboxylic acids is 1. The molecule has 1 aromatic carbocycles. The fraction of sp³-hybridized carbons (Fsp3) is 0.125. The van der Waals surface area contributed by atoms with Gasteiger partial charge in [0, 0.05) is 5.69 Å². The quantitative estimate of drug-likeness (QED) is 0.590. The molecule has 0 radical (unpaired) electrons. The molecule has 0 spiro atoms. The summed E-state index contributed by atoms with van der Waals surface area (Å²) in [6.07, 6.45) is 0. The molecule has 0 heterocycles. The summed E-state index contributed by atoms with van der Waals surface area (Å²) >= 11 is 0. The molecule has 13 heavy (non-hydrogen) atoms. The standard InChI is InChI=1S/C8H10FN3O/c9-6-3-5(10)1-2-7(6)12-4-8(11)13/h1-3,12H,4,10H2,(H2,11,13). The zero-order valence-corrected chi connectivity index (χ0v) is 6.88. The van der Waals surface area contributed by atoms with Gasteiger partial charge in [-0.15, -0.1) is 0 Å². The minimum Gasteiger partial charge on any atom is -0.399 e. The first kappa shape index (κ1) is 9.31. The van der Waals surface area contributed by atoms with E-state index in [0.717, 1.165) is 0 Å². The molecule has 5 heteroatoms. The van der Waals surface area contributed by atoms with Crippen LogP contribution >= 0.6 is 0 Å². The van der Waals surface area contributed by atoms with Gasteiger partial charge in [-0.25, -0.2) is 4.39 Å². The predicted molar refractivity (Wildman–Crippen MR) is 48.5 cm³/mol. The Labute approximate surface area is 74.7 Å². The highest BCUT2D eigenvalue weighted by atomic mass is 19.1. The van der Waals surface area contributed by atoms with E-state index in [-0.39, 0.29) is 12.2 Å². The smallest absolute Gasteiger partial charge is 0.236 e. The number of halogens is 1. The number of nitrogens with two attached hydrogens (primary N) is 2. The first-order valence-electron chi connectivity index (χ1n) is 3.67. The van der Waals surface area contributed by atoms with Crippen LogP contribution in [0, 0.1) is 5.82 Å². The SMILES string of the molecule is NC(=O)CNc1ccc(N)cc1F. The van der Waals surface area contributed by atoms with Crippen molar-refractivity contribution in [2.24, 2.45) is 5.73 Å². The fourth-order valence-corrected chi connectivity index (χ4v) is 0.857. The third kappa shape index (κ3) is 2.62. The molecule has 0 aromatic heterocycles. The summed E-state index contributed by atoms with van der Waals surface area (Å²) in [5.74, 6) is -1.04. The lowest BCUT2D eigenvalue weighted by molar-refractivity contribution is -0.116. The molecule has 1 rings (SSSR count). The number of primary amides is 1. The first-order chi connectivity index (χ1) is 6.09. The van der Waals surface area contributed by atoms with Crippen molar-refractivity contribution in [3.8, 4) is 0 Å². The molecule has 70 valence electrons. The molecule has 0 aliphatic carbocycles. The molecule has 0 aliphatic heterocycles. The highest BCUT2D eigenvalue weighted by molar-refractivity contribution is 5.78. The van der Waals surface area contributed by atoms with Gasteiger partial charge in [-0.05, 0) is 18.2 Å². The van der Waals surface area contributed by atoms with Crippen molar-refractivity contribution in [2.45, 2.75) is 0 Å². The molecule has 0 unspecified atom stereocenters. The number of hydrogen-bond acceptors (Lipinski definition) is 3. The Hall–Kier alpha value is -1.78. The Morgan fingerprint density at radius 2 is 2.23 bits per heavy atom. The summed E-state index contributed by atoms with van der Waals surface area (Å²) in [7, 11) is 0. The normalized spacial score (nSPS) is 9.62. The lowest BCUT2D eigenvalue weighted by Gasteiger charge is -2.05. The summed E-state index contributed by atoms with van der Waals surface area (Å²) in [5, 5.41) is 2.53. The van der Waals surface area contributed by atoms with E-state index in [1.54, 1.807) is 0 Å². The maximum Gasteiger partial charge on any atom is 0.236 e. The van der Waals surface area contributed by atoms with Gasteiger partial charge in [0.05, 0.1) is 12.2 Å². The van der Waals surface area contributed by atoms with Crippen molar-refractivity contribution in [1.82, 2.24) is 0 Å². The second kappa shape index (κ2) is 3.75. The van der Waals surface area contributed by atoms with Crippen LogP contribution in [0.2, 0.25) is 0 Å². The molecular formula is C8H10FN3O. The number of anilines is 2. The maximum absolute atomic E-state index is 13.0. The van der Waals surface area contributed by atoms with Crippen molar-refractivity contribution in [2.75, 3.05) is 17.6 Å². The van der Waals surface area contributed by atoms with E-state index in [1.165, 1.54) is 18.2 Å². The molecule has 1 amide bonds. The lowest BCUT2D eigenvalue weighted by atomic mass is 10.2. The topological polar surface area (TPSA) is 81.1 Å². The van der Waals surface area contributed by atoms with Crippen molar-refractivity contribution in [1.29, 1.82) is 0 Å². The van der Waals surface area contributed by atoms with Gasteiger partial charge in [0.15, 0.2) is 0 Å². The zero-order valence-electron chi connectivity index (χ0n) is 6.88. The fourth-order valence-electron chi connectivity index (χ4n) is 0.857. The minimum absolute atomic E-state index is 0.0964. The van der Waals surface area contributed by atoms with Crippen LogP contribution in [-0.4, -0.2) is 12.5 Å². The molecular weight excluding hydrogens is 173 g/mol. The van der Waals surface area contributed by atoms with Gasteiger partial charge in [-0.3, -0.25) is 4.79 Å². The number of benzene rings is 1. The number of nitrogens with one attached hydrogen (secondary N) is 1. The van der Waals surface area contributed by atoms with E-state index < -0.39 is 11.7 Å². The van der Waals surface area contributed by atoms with Gasteiger partial charge in [-0.1, -0.05) is 0 Å². The van der Waals surface area contributed by atoms with Gasteiger partial charge < -0.3 is 16.8 Å². The number of hydrogen-bond donors (Lipinski definition) is 3.